The Hall–Kier alpha value is -2.61. The largest absolute Gasteiger partial charge is 0.488 e. The summed E-state index contributed by atoms with van der Waals surface area (Å²) in [5, 5.41) is 0. The van der Waals surface area contributed by atoms with Gasteiger partial charge in [-0.25, -0.2) is 4.39 Å². The second-order valence-electron chi connectivity index (χ2n) is 9.15. The van der Waals surface area contributed by atoms with E-state index >= 15 is 0 Å². The van der Waals surface area contributed by atoms with Gasteiger partial charge in [-0.1, -0.05) is 101 Å². The van der Waals surface area contributed by atoms with E-state index in [-0.39, 0.29) is 11.9 Å². The second kappa shape index (κ2) is 13.2. The normalized spacial score (nSPS) is 12.0. The smallest absolute Gasteiger partial charge is 0.165 e. The number of aryl methyl sites for hydroxylation is 1. The van der Waals surface area contributed by atoms with E-state index < -0.39 is 0 Å². The fraction of sp³-hybridized carbons (Fsp3) is 0.419. The zero-order valence-corrected chi connectivity index (χ0v) is 20.6. The van der Waals surface area contributed by atoms with Crippen LogP contribution >= 0.6 is 0 Å². The van der Waals surface area contributed by atoms with Crippen LogP contribution in [0, 0.1) is 5.82 Å². The molecule has 3 rings (SSSR count). The lowest BCUT2D eigenvalue weighted by atomic mass is 9.98. The third-order valence-corrected chi connectivity index (χ3v) is 6.30. The first-order chi connectivity index (χ1) is 16.1. The lowest BCUT2D eigenvalue weighted by molar-refractivity contribution is 0.197. The standard InChI is InChI=1S/C31H39FO/c1-4-6-8-10-11-24(3)33-31-22-21-29(23-30(31)32)28-19-17-27(18-20-28)26-15-13-25(14-16-26)12-9-7-5-2/h13-24H,4-12H2,1-3H3. The first kappa shape index (κ1) is 25.0. The van der Waals surface area contributed by atoms with Gasteiger partial charge in [-0.3, -0.25) is 0 Å². The number of rotatable bonds is 13. The van der Waals surface area contributed by atoms with Gasteiger partial charge in [0.25, 0.3) is 0 Å². The summed E-state index contributed by atoms with van der Waals surface area (Å²) in [7, 11) is 0. The van der Waals surface area contributed by atoms with Gasteiger partial charge < -0.3 is 4.74 Å². The molecule has 0 saturated carbocycles. The Morgan fingerprint density at radius 3 is 1.82 bits per heavy atom. The molecule has 1 unspecified atom stereocenters. The first-order valence-electron chi connectivity index (χ1n) is 12.8. The molecular formula is C31H39FO. The average Bonchev–Trinajstić information content (AvgIpc) is 2.84. The number of hydrogen-bond acceptors (Lipinski definition) is 1. The van der Waals surface area contributed by atoms with Crippen LogP contribution in [0.1, 0.15) is 77.7 Å². The molecule has 0 N–H and O–H groups in total. The minimum absolute atomic E-state index is 0.0273. The van der Waals surface area contributed by atoms with Gasteiger partial charge in [-0.15, -0.1) is 0 Å². The molecule has 3 aromatic rings. The summed E-state index contributed by atoms with van der Waals surface area (Å²) in [6.45, 7) is 6.47. The fourth-order valence-corrected chi connectivity index (χ4v) is 4.21. The monoisotopic (exact) mass is 446 g/mol. The van der Waals surface area contributed by atoms with Crippen LogP contribution in [0.25, 0.3) is 22.3 Å². The van der Waals surface area contributed by atoms with Crippen molar-refractivity contribution in [3.05, 3.63) is 78.1 Å². The van der Waals surface area contributed by atoms with Gasteiger partial charge in [-0.2, -0.15) is 0 Å². The fourth-order valence-electron chi connectivity index (χ4n) is 4.21. The van der Waals surface area contributed by atoms with Gasteiger partial charge in [0.1, 0.15) is 0 Å². The van der Waals surface area contributed by atoms with Crippen molar-refractivity contribution in [3.63, 3.8) is 0 Å². The number of benzene rings is 3. The van der Waals surface area contributed by atoms with Gasteiger partial charge in [0.15, 0.2) is 11.6 Å². The van der Waals surface area contributed by atoms with Crippen LogP contribution in [0.4, 0.5) is 4.39 Å². The molecular weight excluding hydrogens is 407 g/mol. The first-order valence-corrected chi connectivity index (χ1v) is 12.8. The molecule has 1 nitrogen and oxygen atoms in total. The lowest BCUT2D eigenvalue weighted by Crippen LogP contribution is -2.12. The van der Waals surface area contributed by atoms with Crippen molar-refractivity contribution in [2.24, 2.45) is 0 Å². The Morgan fingerprint density at radius 2 is 1.21 bits per heavy atom. The highest BCUT2D eigenvalue weighted by molar-refractivity contribution is 5.71. The number of ether oxygens (including phenoxy) is 1. The zero-order valence-electron chi connectivity index (χ0n) is 20.6. The SMILES string of the molecule is CCCCCCC(C)Oc1ccc(-c2ccc(-c3ccc(CCCCC)cc3)cc2)cc1F. The van der Waals surface area contributed by atoms with E-state index in [0.29, 0.717) is 5.75 Å². The van der Waals surface area contributed by atoms with Crippen LogP contribution in [-0.2, 0) is 6.42 Å². The molecule has 0 aliphatic rings. The van der Waals surface area contributed by atoms with Crippen LogP contribution < -0.4 is 4.74 Å². The van der Waals surface area contributed by atoms with E-state index in [2.05, 4.69) is 62.4 Å². The van der Waals surface area contributed by atoms with Crippen molar-refractivity contribution < 1.29 is 9.13 Å². The number of halogens is 1. The molecule has 0 aliphatic carbocycles. The van der Waals surface area contributed by atoms with Gasteiger partial charge in [0.05, 0.1) is 6.10 Å². The predicted octanol–water partition coefficient (Wildman–Crippen LogP) is 9.63. The maximum absolute atomic E-state index is 14.7. The molecule has 0 aromatic heterocycles. The maximum atomic E-state index is 14.7. The third-order valence-electron chi connectivity index (χ3n) is 6.30. The average molecular weight is 447 g/mol. The van der Waals surface area contributed by atoms with Gasteiger partial charge >= 0.3 is 0 Å². The summed E-state index contributed by atoms with van der Waals surface area (Å²) in [6, 6.07) is 22.5. The highest BCUT2D eigenvalue weighted by Crippen LogP contribution is 2.29. The molecule has 0 fully saturated rings. The Labute approximate surface area is 200 Å². The van der Waals surface area contributed by atoms with Crippen molar-refractivity contribution in [3.8, 4) is 28.0 Å². The van der Waals surface area contributed by atoms with E-state index in [9.17, 15) is 4.39 Å². The predicted molar refractivity (Wildman–Crippen MR) is 139 cm³/mol. The molecule has 176 valence electrons. The van der Waals surface area contributed by atoms with E-state index in [1.165, 1.54) is 55.2 Å². The molecule has 0 radical (unpaired) electrons. The Morgan fingerprint density at radius 1 is 0.667 bits per heavy atom. The van der Waals surface area contributed by atoms with Crippen molar-refractivity contribution in [2.45, 2.75) is 84.7 Å². The molecule has 0 saturated heterocycles. The summed E-state index contributed by atoms with van der Waals surface area (Å²) in [6.07, 6.45) is 10.7. The minimum atomic E-state index is -0.296. The molecule has 33 heavy (non-hydrogen) atoms. The Kier molecular flexibility index (Phi) is 10.00. The Balaban J connectivity index is 1.60. The van der Waals surface area contributed by atoms with E-state index in [4.69, 9.17) is 4.74 Å². The molecule has 0 bridgehead atoms. The van der Waals surface area contributed by atoms with E-state index in [1.54, 1.807) is 12.1 Å². The second-order valence-corrected chi connectivity index (χ2v) is 9.15. The van der Waals surface area contributed by atoms with Crippen molar-refractivity contribution in [1.29, 1.82) is 0 Å². The van der Waals surface area contributed by atoms with Crippen molar-refractivity contribution >= 4 is 0 Å². The van der Waals surface area contributed by atoms with E-state index in [0.717, 1.165) is 30.4 Å². The minimum Gasteiger partial charge on any atom is -0.488 e. The quantitative estimate of drug-likeness (QED) is 0.237. The van der Waals surface area contributed by atoms with E-state index in [1.807, 2.05) is 13.0 Å². The molecule has 0 heterocycles. The molecule has 0 spiro atoms. The molecule has 3 aromatic carbocycles. The van der Waals surface area contributed by atoms with Crippen LogP contribution in [0.15, 0.2) is 66.7 Å². The summed E-state index contributed by atoms with van der Waals surface area (Å²) >= 11 is 0. The van der Waals surface area contributed by atoms with Crippen LogP contribution in [-0.4, -0.2) is 6.10 Å². The molecule has 0 amide bonds. The van der Waals surface area contributed by atoms with Gasteiger partial charge in [0, 0.05) is 0 Å². The Bertz CT molecular complexity index is 959. The van der Waals surface area contributed by atoms with Crippen LogP contribution in [0.3, 0.4) is 0 Å². The lowest BCUT2D eigenvalue weighted by Gasteiger charge is -2.16. The highest BCUT2D eigenvalue weighted by atomic mass is 19.1. The zero-order chi connectivity index (χ0) is 23.5. The van der Waals surface area contributed by atoms with Crippen LogP contribution in [0.5, 0.6) is 5.75 Å². The van der Waals surface area contributed by atoms with Crippen molar-refractivity contribution in [2.75, 3.05) is 0 Å². The number of hydrogen-bond donors (Lipinski definition) is 0. The van der Waals surface area contributed by atoms with Gasteiger partial charge in [0.2, 0.25) is 0 Å². The molecule has 0 aliphatic heterocycles. The van der Waals surface area contributed by atoms with Crippen molar-refractivity contribution in [1.82, 2.24) is 0 Å². The topological polar surface area (TPSA) is 9.23 Å². The number of unbranched alkanes of at least 4 members (excludes halogenated alkanes) is 5. The summed E-state index contributed by atoms with van der Waals surface area (Å²) < 4.78 is 20.6. The summed E-state index contributed by atoms with van der Waals surface area (Å²) in [5.41, 5.74) is 5.66. The maximum Gasteiger partial charge on any atom is 0.165 e. The molecule has 2 heteroatoms. The summed E-state index contributed by atoms with van der Waals surface area (Å²) in [4.78, 5) is 0. The highest BCUT2D eigenvalue weighted by Gasteiger charge is 2.10. The van der Waals surface area contributed by atoms with Gasteiger partial charge in [-0.05, 0) is 72.6 Å². The van der Waals surface area contributed by atoms with Crippen LogP contribution in [0.2, 0.25) is 0 Å². The summed E-state index contributed by atoms with van der Waals surface area (Å²) in [5.74, 6) is 0.0491. The third kappa shape index (κ3) is 7.74. The molecule has 1 atom stereocenters.